The third kappa shape index (κ3) is 3.60. The molecule has 2 bridgehead atoms. The van der Waals surface area contributed by atoms with Crippen LogP contribution >= 0.6 is 0 Å². The molecule has 2 atom stereocenters. The van der Waals surface area contributed by atoms with Crippen molar-refractivity contribution < 1.29 is 9.84 Å². The summed E-state index contributed by atoms with van der Waals surface area (Å²) in [5.74, 6) is 1.57. The summed E-state index contributed by atoms with van der Waals surface area (Å²) in [6, 6.07) is 2.22. The molecular weight excluding hydrogens is 316 g/mol. The van der Waals surface area contributed by atoms with Crippen molar-refractivity contribution in [2.24, 2.45) is 0 Å². The van der Waals surface area contributed by atoms with Gasteiger partial charge in [-0.05, 0) is 70.3 Å². The number of hydrogen-bond acceptors (Lipinski definition) is 6. The topological polar surface area (TPSA) is 79.3 Å². The molecule has 5 rings (SSSR count). The summed E-state index contributed by atoms with van der Waals surface area (Å²) in [6.45, 7) is 0. The van der Waals surface area contributed by atoms with Crippen LogP contribution in [0.4, 0.5) is 11.8 Å². The Kier molecular flexibility index (Phi) is 4.58. The predicted molar refractivity (Wildman–Crippen MR) is 97.7 cm³/mol. The molecule has 25 heavy (non-hydrogen) atoms. The molecule has 3 N–H and O–H groups in total. The fraction of sp³-hybridized carbons (Fsp3) is 0.789. The molecule has 6 nitrogen and oxygen atoms in total. The Labute approximate surface area is 149 Å². The van der Waals surface area contributed by atoms with Gasteiger partial charge in [-0.3, -0.25) is 0 Å². The summed E-state index contributed by atoms with van der Waals surface area (Å²) in [6.07, 6.45) is 12.2. The lowest BCUT2D eigenvalue weighted by Crippen LogP contribution is -2.54. The zero-order chi connectivity index (χ0) is 17.3. The van der Waals surface area contributed by atoms with Gasteiger partial charge in [0.15, 0.2) is 0 Å². The molecule has 4 aliphatic rings. The molecule has 0 aromatic carbocycles. The number of ether oxygens (including phenoxy) is 1. The van der Waals surface area contributed by atoms with Crippen molar-refractivity contribution in [1.29, 1.82) is 0 Å². The number of nitrogens with one attached hydrogen (secondary N) is 2. The van der Waals surface area contributed by atoms with E-state index in [0.29, 0.717) is 12.0 Å². The number of anilines is 2. The zero-order valence-electron chi connectivity index (χ0n) is 15.1. The quantitative estimate of drug-likeness (QED) is 0.760. The molecular formula is C19H30N4O2. The fourth-order valence-corrected chi connectivity index (χ4v) is 4.89. The van der Waals surface area contributed by atoms with Crippen LogP contribution < -0.4 is 10.6 Å². The monoisotopic (exact) mass is 346 g/mol. The summed E-state index contributed by atoms with van der Waals surface area (Å²) >= 11 is 0. The standard InChI is InChI=1S/C19H30N4O2/c1-25-19-9-6-18(7-10-19,8-11-19)23-17-20-12-5-16(22-17)21-14-3-2-4-15(24)13-14/h5,12,14-15,24H,2-4,6-11,13H2,1H3,(H2,20,21,22,23)/t14-,15+,18?,19?/m1/s1. The molecule has 1 aromatic rings. The van der Waals surface area contributed by atoms with E-state index in [4.69, 9.17) is 4.74 Å². The van der Waals surface area contributed by atoms with Crippen molar-refractivity contribution in [1.82, 2.24) is 9.97 Å². The minimum Gasteiger partial charge on any atom is -0.393 e. The van der Waals surface area contributed by atoms with Crippen molar-refractivity contribution in [3.05, 3.63) is 12.3 Å². The second-order valence-corrected chi connectivity index (χ2v) is 8.22. The minimum atomic E-state index is -0.185. The molecule has 1 heterocycles. The molecule has 0 saturated heterocycles. The Bertz CT molecular complexity index is 584. The SMILES string of the molecule is COC12CCC(Nc3nccc(N[C@@H]4CCC[C@H](O)C4)n3)(CC1)CC2. The number of rotatable bonds is 5. The molecule has 0 amide bonds. The first kappa shape index (κ1) is 17.0. The maximum atomic E-state index is 9.84. The van der Waals surface area contributed by atoms with Crippen LogP contribution in [0.1, 0.15) is 64.2 Å². The average Bonchev–Trinajstić information content (AvgIpc) is 2.63. The van der Waals surface area contributed by atoms with Gasteiger partial charge in [-0.1, -0.05) is 0 Å². The highest BCUT2D eigenvalue weighted by molar-refractivity contribution is 5.42. The van der Waals surface area contributed by atoms with Gasteiger partial charge in [0.2, 0.25) is 5.95 Å². The number of aromatic nitrogens is 2. The van der Waals surface area contributed by atoms with E-state index in [2.05, 4.69) is 20.6 Å². The predicted octanol–water partition coefficient (Wildman–Crippen LogP) is 3.10. The number of aliphatic hydroxyl groups is 1. The third-order valence-corrected chi connectivity index (χ3v) is 6.64. The molecule has 1 aromatic heterocycles. The van der Waals surface area contributed by atoms with Crippen LogP contribution in [0, 0.1) is 0 Å². The van der Waals surface area contributed by atoms with Crippen LogP contribution in [0.2, 0.25) is 0 Å². The van der Waals surface area contributed by atoms with Crippen LogP contribution in [-0.4, -0.2) is 45.5 Å². The third-order valence-electron chi connectivity index (χ3n) is 6.64. The molecule has 0 aliphatic heterocycles. The highest BCUT2D eigenvalue weighted by atomic mass is 16.5. The average molecular weight is 346 g/mol. The van der Waals surface area contributed by atoms with E-state index in [1.807, 2.05) is 19.4 Å². The first-order valence-electron chi connectivity index (χ1n) is 9.71. The fourth-order valence-electron chi connectivity index (χ4n) is 4.89. The number of hydrogen-bond donors (Lipinski definition) is 3. The van der Waals surface area contributed by atoms with E-state index in [1.54, 1.807) is 0 Å². The van der Waals surface area contributed by atoms with Crippen molar-refractivity contribution >= 4 is 11.8 Å². The molecule has 6 heteroatoms. The zero-order valence-corrected chi connectivity index (χ0v) is 15.1. The summed E-state index contributed by atoms with van der Waals surface area (Å²) in [5, 5.41) is 17.0. The van der Waals surface area contributed by atoms with Gasteiger partial charge in [0.1, 0.15) is 5.82 Å². The number of nitrogens with zero attached hydrogens (tertiary/aromatic N) is 2. The van der Waals surface area contributed by atoms with Gasteiger partial charge in [0.25, 0.3) is 0 Å². The number of fused-ring (bicyclic) bond motifs is 3. The largest absolute Gasteiger partial charge is 0.393 e. The molecule has 4 saturated carbocycles. The van der Waals surface area contributed by atoms with Crippen LogP contribution in [0.5, 0.6) is 0 Å². The minimum absolute atomic E-state index is 0.121. The van der Waals surface area contributed by atoms with Gasteiger partial charge in [-0.25, -0.2) is 4.98 Å². The number of methoxy groups -OCH3 is 1. The summed E-state index contributed by atoms with van der Waals surface area (Å²) in [7, 11) is 1.85. The van der Waals surface area contributed by atoms with Crippen molar-refractivity contribution in [2.75, 3.05) is 17.7 Å². The highest BCUT2D eigenvalue weighted by Crippen LogP contribution is 2.49. The maximum Gasteiger partial charge on any atom is 0.225 e. The summed E-state index contributed by atoms with van der Waals surface area (Å²) < 4.78 is 5.78. The van der Waals surface area contributed by atoms with Crippen LogP contribution in [0.15, 0.2) is 12.3 Å². The van der Waals surface area contributed by atoms with Crippen molar-refractivity contribution in [2.45, 2.75) is 87.5 Å². The first-order chi connectivity index (χ1) is 12.1. The smallest absolute Gasteiger partial charge is 0.225 e. The van der Waals surface area contributed by atoms with E-state index in [1.165, 1.54) is 0 Å². The lowest BCUT2D eigenvalue weighted by Gasteiger charge is -2.52. The van der Waals surface area contributed by atoms with E-state index in [0.717, 1.165) is 70.0 Å². The van der Waals surface area contributed by atoms with E-state index >= 15 is 0 Å². The van der Waals surface area contributed by atoms with Gasteiger partial charge in [-0.2, -0.15) is 4.98 Å². The van der Waals surface area contributed by atoms with E-state index < -0.39 is 0 Å². The maximum absolute atomic E-state index is 9.84. The summed E-state index contributed by atoms with van der Waals surface area (Å²) in [4.78, 5) is 9.13. The molecule has 0 radical (unpaired) electrons. The van der Waals surface area contributed by atoms with Crippen molar-refractivity contribution in [3.63, 3.8) is 0 Å². The first-order valence-corrected chi connectivity index (χ1v) is 9.71. The van der Waals surface area contributed by atoms with E-state index in [9.17, 15) is 5.11 Å². The summed E-state index contributed by atoms with van der Waals surface area (Å²) in [5.41, 5.74) is 0.245. The normalized spacial score (nSPS) is 37.7. The molecule has 4 aliphatic carbocycles. The van der Waals surface area contributed by atoms with Crippen LogP contribution in [-0.2, 0) is 4.74 Å². The van der Waals surface area contributed by atoms with Gasteiger partial charge in [0.05, 0.1) is 11.7 Å². The van der Waals surface area contributed by atoms with Crippen LogP contribution in [0.3, 0.4) is 0 Å². The van der Waals surface area contributed by atoms with Gasteiger partial charge < -0.3 is 20.5 Å². The molecule has 0 unspecified atom stereocenters. The second-order valence-electron chi connectivity index (χ2n) is 8.22. The molecule has 4 fully saturated rings. The lowest BCUT2D eigenvalue weighted by molar-refractivity contribution is -0.0891. The molecule has 138 valence electrons. The Morgan fingerprint density at radius 1 is 1.16 bits per heavy atom. The Morgan fingerprint density at radius 2 is 1.92 bits per heavy atom. The Hall–Kier alpha value is -1.40. The van der Waals surface area contributed by atoms with Crippen molar-refractivity contribution in [3.8, 4) is 0 Å². The van der Waals surface area contributed by atoms with E-state index in [-0.39, 0.29) is 17.2 Å². The van der Waals surface area contributed by atoms with Crippen LogP contribution in [0.25, 0.3) is 0 Å². The lowest BCUT2D eigenvalue weighted by atomic mass is 9.63. The number of aliphatic hydroxyl groups excluding tert-OH is 1. The van der Waals surface area contributed by atoms with Gasteiger partial charge in [-0.15, -0.1) is 0 Å². The highest BCUT2D eigenvalue weighted by Gasteiger charge is 2.49. The van der Waals surface area contributed by atoms with Gasteiger partial charge in [0, 0.05) is 24.9 Å². The second kappa shape index (κ2) is 6.72. The Morgan fingerprint density at radius 3 is 2.60 bits per heavy atom. The Balaban J connectivity index is 1.40. The van der Waals surface area contributed by atoms with Gasteiger partial charge >= 0.3 is 0 Å². The molecule has 0 spiro atoms.